The number of hydrogen-bond donors (Lipinski definition) is 0. The fourth-order valence-electron chi connectivity index (χ4n) is 4.29. The second kappa shape index (κ2) is 11.9. The number of fused-ring (bicyclic) bond motifs is 1. The molecule has 40 heavy (non-hydrogen) atoms. The number of nitriles is 2. The molecule has 0 saturated heterocycles. The van der Waals surface area contributed by atoms with E-state index in [9.17, 15) is 30.2 Å². The molecule has 1 aliphatic heterocycles. The van der Waals surface area contributed by atoms with Gasteiger partial charge in [-0.3, -0.25) is 24.6 Å². The third-order valence-corrected chi connectivity index (χ3v) is 6.39. The number of nitro benzene ring substituents is 1. The monoisotopic (exact) mass is 537 g/mol. The highest BCUT2D eigenvalue weighted by Gasteiger charge is 2.35. The van der Waals surface area contributed by atoms with Crippen LogP contribution in [0, 0.1) is 39.7 Å². The Bertz CT molecular complexity index is 1550. The van der Waals surface area contributed by atoms with Gasteiger partial charge in [0.1, 0.15) is 17.8 Å². The first-order valence-electron chi connectivity index (χ1n) is 12.1. The zero-order chi connectivity index (χ0) is 28.8. The summed E-state index contributed by atoms with van der Waals surface area (Å²) in [7, 11) is 1.58. The van der Waals surface area contributed by atoms with Gasteiger partial charge in [-0.25, -0.2) is 0 Å². The van der Waals surface area contributed by atoms with E-state index in [-0.39, 0.29) is 40.9 Å². The number of nitro groups is 1. The van der Waals surface area contributed by atoms with Gasteiger partial charge in [0.25, 0.3) is 17.5 Å². The Kier molecular flexibility index (Phi) is 8.23. The first-order chi connectivity index (χ1) is 19.3. The van der Waals surface area contributed by atoms with Crippen molar-refractivity contribution >= 4 is 34.6 Å². The molecule has 0 bridgehead atoms. The van der Waals surface area contributed by atoms with Crippen molar-refractivity contribution in [2.75, 3.05) is 38.3 Å². The molecule has 0 aliphatic carbocycles. The molecule has 0 fully saturated rings. The van der Waals surface area contributed by atoms with Crippen molar-refractivity contribution in [1.82, 2.24) is 4.90 Å². The summed E-state index contributed by atoms with van der Waals surface area (Å²) in [6.45, 7) is 3.28. The van der Waals surface area contributed by atoms with Gasteiger partial charge in [0.15, 0.2) is 0 Å². The number of methoxy groups -OCH3 is 1. The van der Waals surface area contributed by atoms with Crippen molar-refractivity contribution in [3.63, 3.8) is 0 Å². The van der Waals surface area contributed by atoms with Crippen molar-refractivity contribution in [2.45, 2.75) is 6.92 Å². The summed E-state index contributed by atoms with van der Waals surface area (Å²) in [6.07, 6.45) is 0. The van der Waals surface area contributed by atoms with Crippen molar-refractivity contribution in [2.24, 2.45) is 10.2 Å². The Morgan fingerprint density at radius 3 is 2.12 bits per heavy atom. The molecule has 12 heteroatoms. The van der Waals surface area contributed by atoms with E-state index in [1.165, 1.54) is 4.90 Å². The van der Waals surface area contributed by atoms with E-state index in [4.69, 9.17) is 4.74 Å². The molecule has 0 spiro atoms. The molecule has 0 radical (unpaired) electrons. The van der Waals surface area contributed by atoms with Gasteiger partial charge in [0, 0.05) is 44.6 Å². The average Bonchev–Trinajstić information content (AvgIpc) is 3.20. The predicted molar refractivity (Wildman–Crippen MR) is 144 cm³/mol. The molecular weight excluding hydrogens is 514 g/mol. The lowest BCUT2D eigenvalue weighted by atomic mass is 10.1. The SMILES string of the molecule is COCCN(CCN1C(=O)c2ccccc2C1=O)c1ccc(N=Nc2c(C#N)cc([N+](=O)[O-])cc2C#N)c(C)c1. The minimum Gasteiger partial charge on any atom is -0.383 e. The topological polar surface area (TPSA) is 165 Å². The van der Waals surface area contributed by atoms with Crippen molar-refractivity contribution < 1.29 is 19.2 Å². The van der Waals surface area contributed by atoms with E-state index < -0.39 is 4.92 Å². The number of carbonyl (C=O) groups excluding carboxylic acids is 2. The largest absolute Gasteiger partial charge is 0.383 e. The van der Waals surface area contributed by atoms with Crippen molar-refractivity contribution in [3.8, 4) is 12.1 Å². The number of anilines is 1. The van der Waals surface area contributed by atoms with Gasteiger partial charge in [-0.1, -0.05) is 12.1 Å². The third kappa shape index (κ3) is 5.53. The van der Waals surface area contributed by atoms with Crippen molar-refractivity contribution in [3.05, 3.63) is 92.5 Å². The summed E-state index contributed by atoms with van der Waals surface area (Å²) in [5.74, 6) is -0.641. The molecule has 0 saturated carbocycles. The van der Waals surface area contributed by atoms with Crippen LogP contribution in [-0.4, -0.2) is 55.0 Å². The van der Waals surface area contributed by atoms with E-state index in [1.54, 1.807) is 43.5 Å². The fourth-order valence-corrected chi connectivity index (χ4v) is 4.29. The van der Waals surface area contributed by atoms with Crippen LogP contribution in [0.1, 0.15) is 37.4 Å². The number of non-ortho nitro benzene ring substituents is 1. The predicted octanol–water partition coefficient (Wildman–Crippen LogP) is 4.81. The fraction of sp³-hybridized carbons (Fsp3) is 0.214. The quantitative estimate of drug-likeness (QED) is 0.154. The Morgan fingerprint density at radius 2 is 1.60 bits per heavy atom. The van der Waals surface area contributed by atoms with Crippen LogP contribution in [0.3, 0.4) is 0 Å². The number of benzene rings is 3. The normalized spacial score (nSPS) is 12.3. The van der Waals surface area contributed by atoms with Gasteiger partial charge >= 0.3 is 0 Å². The van der Waals surface area contributed by atoms with Crippen LogP contribution in [0.4, 0.5) is 22.7 Å². The van der Waals surface area contributed by atoms with Crippen LogP contribution in [0.2, 0.25) is 0 Å². The van der Waals surface area contributed by atoms with Crippen LogP contribution in [0.25, 0.3) is 0 Å². The summed E-state index contributed by atoms with van der Waals surface area (Å²) < 4.78 is 5.25. The van der Waals surface area contributed by atoms with E-state index in [0.29, 0.717) is 36.5 Å². The Hall–Kier alpha value is -5.46. The van der Waals surface area contributed by atoms with Crippen LogP contribution < -0.4 is 4.90 Å². The van der Waals surface area contributed by atoms with Gasteiger partial charge in [-0.15, -0.1) is 5.11 Å². The minimum atomic E-state index is -0.685. The maximum Gasteiger partial charge on any atom is 0.272 e. The Morgan fingerprint density at radius 1 is 0.975 bits per heavy atom. The zero-order valence-corrected chi connectivity index (χ0v) is 21.7. The number of aryl methyl sites for hydroxylation is 1. The average molecular weight is 538 g/mol. The third-order valence-electron chi connectivity index (χ3n) is 6.39. The molecule has 200 valence electrons. The van der Waals surface area contributed by atoms with Gasteiger partial charge in [0.05, 0.1) is 39.5 Å². The van der Waals surface area contributed by atoms with Gasteiger partial charge in [0.2, 0.25) is 0 Å². The number of hydrogen-bond acceptors (Lipinski definition) is 10. The first kappa shape index (κ1) is 27.6. The highest BCUT2D eigenvalue weighted by atomic mass is 16.6. The standard InChI is InChI=1S/C28H23N7O5/c1-18-13-21(7-8-25(18)31-32-26-19(16-29)14-22(35(38)39)15-20(26)17-30)33(11-12-40-2)9-10-34-27(36)23-5-3-4-6-24(23)28(34)37/h3-8,13-15H,9-12H2,1-2H3. The summed E-state index contributed by atoms with van der Waals surface area (Å²) in [4.78, 5) is 39.2. The molecule has 0 N–H and O–H groups in total. The molecule has 12 nitrogen and oxygen atoms in total. The minimum absolute atomic E-state index is 0.0539. The maximum absolute atomic E-state index is 12.8. The second-order valence-electron chi connectivity index (χ2n) is 8.83. The molecule has 1 heterocycles. The zero-order valence-electron chi connectivity index (χ0n) is 21.7. The van der Waals surface area contributed by atoms with Gasteiger partial charge < -0.3 is 9.64 Å². The van der Waals surface area contributed by atoms with Crippen molar-refractivity contribution in [1.29, 1.82) is 10.5 Å². The smallest absolute Gasteiger partial charge is 0.272 e. The van der Waals surface area contributed by atoms with E-state index in [1.807, 2.05) is 30.0 Å². The van der Waals surface area contributed by atoms with Gasteiger partial charge in [-0.2, -0.15) is 15.6 Å². The highest BCUT2D eigenvalue weighted by Crippen LogP contribution is 2.32. The first-order valence-corrected chi connectivity index (χ1v) is 12.1. The van der Waals surface area contributed by atoms with E-state index in [0.717, 1.165) is 23.4 Å². The molecule has 0 unspecified atom stereocenters. The molecule has 0 atom stereocenters. The van der Waals surface area contributed by atoms with Crippen LogP contribution in [-0.2, 0) is 4.74 Å². The second-order valence-corrected chi connectivity index (χ2v) is 8.83. The number of amides is 2. The molecule has 4 rings (SSSR count). The summed E-state index contributed by atoms with van der Waals surface area (Å²) in [5, 5.41) is 38.2. The van der Waals surface area contributed by atoms with Gasteiger partial charge in [-0.05, 0) is 42.8 Å². The number of ether oxygens (including phenoxy) is 1. The van der Waals surface area contributed by atoms with E-state index >= 15 is 0 Å². The van der Waals surface area contributed by atoms with Crippen LogP contribution >= 0.6 is 0 Å². The van der Waals surface area contributed by atoms with Crippen LogP contribution in [0.5, 0.6) is 0 Å². The number of imide groups is 1. The molecular formula is C28H23N7O5. The lowest BCUT2D eigenvalue weighted by molar-refractivity contribution is -0.384. The van der Waals surface area contributed by atoms with E-state index in [2.05, 4.69) is 10.2 Å². The Labute approximate surface area is 229 Å². The number of nitrogens with zero attached hydrogens (tertiary/aromatic N) is 7. The lowest BCUT2D eigenvalue weighted by Crippen LogP contribution is -2.39. The lowest BCUT2D eigenvalue weighted by Gasteiger charge is -2.27. The number of carbonyl (C=O) groups is 2. The van der Waals surface area contributed by atoms with Crippen LogP contribution in [0.15, 0.2) is 64.8 Å². The summed E-state index contributed by atoms with van der Waals surface area (Å²) >= 11 is 0. The molecule has 1 aliphatic rings. The molecule has 2 amide bonds. The summed E-state index contributed by atoms with van der Waals surface area (Å²) in [5.41, 5.74) is 2.07. The number of rotatable bonds is 10. The molecule has 3 aromatic carbocycles. The molecule has 3 aromatic rings. The number of azo groups is 1. The molecule has 0 aromatic heterocycles. The highest BCUT2D eigenvalue weighted by molar-refractivity contribution is 6.21. The maximum atomic E-state index is 12.8. The summed E-state index contributed by atoms with van der Waals surface area (Å²) in [6, 6.07) is 17.9. The Balaban J connectivity index is 1.55.